The molecule has 0 unspecified atom stereocenters. The van der Waals surface area contributed by atoms with E-state index in [2.05, 4.69) is 10.6 Å². The van der Waals surface area contributed by atoms with E-state index in [1.807, 2.05) is 13.8 Å². The van der Waals surface area contributed by atoms with Crippen molar-refractivity contribution in [2.45, 2.75) is 52.0 Å². The Morgan fingerprint density at radius 2 is 2.04 bits per heavy atom. The van der Waals surface area contributed by atoms with Gasteiger partial charge < -0.3 is 20.3 Å². The van der Waals surface area contributed by atoms with E-state index < -0.39 is 0 Å². The predicted octanol–water partition coefficient (Wildman–Crippen LogP) is 0.929. The Labute approximate surface area is 150 Å². The molecule has 0 aromatic heterocycles. The van der Waals surface area contributed by atoms with Crippen molar-refractivity contribution in [1.29, 1.82) is 0 Å². The highest BCUT2D eigenvalue weighted by molar-refractivity contribution is 5.85. The second-order valence-electron chi connectivity index (χ2n) is 7.25. The highest BCUT2D eigenvalue weighted by Gasteiger charge is 2.27. The summed E-state index contributed by atoms with van der Waals surface area (Å²) in [5, 5.41) is 5.85. The smallest absolute Gasteiger partial charge is 0.223 e. The lowest BCUT2D eigenvalue weighted by atomic mass is 9.96. The maximum absolute atomic E-state index is 12.4. The molecule has 1 aliphatic rings. The summed E-state index contributed by atoms with van der Waals surface area (Å²) in [5.74, 6) is -0.153. The van der Waals surface area contributed by atoms with Crippen LogP contribution < -0.4 is 10.6 Å². The first kappa shape index (κ1) is 21.4. The van der Waals surface area contributed by atoms with Crippen LogP contribution in [0, 0.1) is 11.8 Å². The third-order valence-corrected chi connectivity index (χ3v) is 4.38. The fourth-order valence-corrected chi connectivity index (χ4v) is 3.02. The molecule has 2 N–H and O–H groups in total. The Kier molecular flexibility index (Phi) is 9.49. The average Bonchev–Trinajstić information content (AvgIpc) is 2.58. The number of nitrogens with one attached hydrogen (secondary N) is 2. The topological polar surface area (TPSA) is 87.7 Å². The molecule has 7 heteroatoms. The fourth-order valence-electron chi connectivity index (χ4n) is 3.02. The zero-order valence-electron chi connectivity index (χ0n) is 16.0. The van der Waals surface area contributed by atoms with Crippen molar-refractivity contribution >= 4 is 17.7 Å². The molecule has 0 aromatic rings. The van der Waals surface area contributed by atoms with Crippen molar-refractivity contribution in [2.24, 2.45) is 11.8 Å². The summed E-state index contributed by atoms with van der Waals surface area (Å²) in [6.45, 7) is 5.40. The second-order valence-corrected chi connectivity index (χ2v) is 7.25. The number of methoxy groups -OCH3 is 1. The summed E-state index contributed by atoms with van der Waals surface area (Å²) in [7, 11) is 3.31. The molecule has 1 aliphatic heterocycles. The molecule has 3 amide bonds. The van der Waals surface area contributed by atoms with Crippen LogP contribution in [0.4, 0.5) is 0 Å². The number of hydrogen-bond acceptors (Lipinski definition) is 4. The maximum atomic E-state index is 12.4. The molecule has 0 aromatic carbocycles. The molecule has 2 atom stereocenters. The summed E-state index contributed by atoms with van der Waals surface area (Å²) >= 11 is 0. The molecule has 0 aliphatic carbocycles. The van der Waals surface area contributed by atoms with Gasteiger partial charge >= 0.3 is 0 Å². The molecule has 0 spiro atoms. The van der Waals surface area contributed by atoms with Gasteiger partial charge in [-0.2, -0.15) is 0 Å². The lowest BCUT2D eigenvalue weighted by molar-refractivity contribution is -0.135. The SMILES string of the molecule is COCCNC(=O)[C@@H]1CCC[C@@H](NC(=O)CC(C)C)CN(C)C(=O)C1. The summed E-state index contributed by atoms with van der Waals surface area (Å²) in [6, 6.07) is -0.0597. The van der Waals surface area contributed by atoms with E-state index in [4.69, 9.17) is 4.74 Å². The van der Waals surface area contributed by atoms with E-state index in [0.717, 1.165) is 12.8 Å². The van der Waals surface area contributed by atoms with Gasteiger partial charge in [-0.05, 0) is 18.8 Å². The Balaban J connectivity index is 2.62. The number of amides is 3. The lowest BCUT2D eigenvalue weighted by Crippen LogP contribution is -2.44. The van der Waals surface area contributed by atoms with Gasteiger partial charge in [0.15, 0.2) is 0 Å². The number of hydrogen-bond donors (Lipinski definition) is 2. The molecule has 0 bridgehead atoms. The van der Waals surface area contributed by atoms with Gasteiger partial charge in [0, 0.05) is 52.0 Å². The van der Waals surface area contributed by atoms with Gasteiger partial charge in [0.2, 0.25) is 17.7 Å². The van der Waals surface area contributed by atoms with Crippen LogP contribution in [0.15, 0.2) is 0 Å². The maximum Gasteiger partial charge on any atom is 0.223 e. The second kappa shape index (κ2) is 11.1. The van der Waals surface area contributed by atoms with Gasteiger partial charge in [0.1, 0.15) is 0 Å². The van der Waals surface area contributed by atoms with Crippen molar-refractivity contribution < 1.29 is 19.1 Å². The van der Waals surface area contributed by atoms with E-state index in [9.17, 15) is 14.4 Å². The van der Waals surface area contributed by atoms with Crippen molar-refractivity contribution in [3.05, 3.63) is 0 Å². The number of ether oxygens (including phenoxy) is 1. The standard InChI is InChI=1S/C18H33N3O4/c1-13(2)10-16(22)20-15-7-5-6-14(11-17(23)21(3)12-15)18(24)19-8-9-25-4/h13-15H,5-12H2,1-4H3,(H,19,24)(H,20,22)/t14-,15-/m1/s1. The molecule has 0 saturated carbocycles. The number of rotatable bonds is 7. The predicted molar refractivity (Wildman–Crippen MR) is 95.9 cm³/mol. The number of nitrogens with zero attached hydrogens (tertiary/aromatic N) is 1. The van der Waals surface area contributed by atoms with Crippen LogP contribution >= 0.6 is 0 Å². The highest BCUT2D eigenvalue weighted by Crippen LogP contribution is 2.19. The van der Waals surface area contributed by atoms with Crippen LogP contribution in [0.3, 0.4) is 0 Å². The summed E-state index contributed by atoms with van der Waals surface area (Å²) in [6.07, 6.45) is 2.91. The number of carbonyl (C=O) groups excluding carboxylic acids is 3. The van der Waals surface area contributed by atoms with Crippen LogP contribution in [0.5, 0.6) is 0 Å². The van der Waals surface area contributed by atoms with Gasteiger partial charge in [-0.15, -0.1) is 0 Å². The highest BCUT2D eigenvalue weighted by atomic mass is 16.5. The van der Waals surface area contributed by atoms with Crippen LogP contribution in [0.2, 0.25) is 0 Å². The third-order valence-electron chi connectivity index (χ3n) is 4.38. The first-order valence-corrected chi connectivity index (χ1v) is 9.13. The molecular weight excluding hydrogens is 322 g/mol. The first-order chi connectivity index (χ1) is 11.8. The summed E-state index contributed by atoms with van der Waals surface area (Å²) in [5.41, 5.74) is 0. The van der Waals surface area contributed by atoms with Crippen molar-refractivity contribution in [3.63, 3.8) is 0 Å². The van der Waals surface area contributed by atoms with Crippen LogP contribution in [-0.2, 0) is 19.1 Å². The zero-order valence-corrected chi connectivity index (χ0v) is 16.0. The molecule has 7 nitrogen and oxygen atoms in total. The van der Waals surface area contributed by atoms with Crippen molar-refractivity contribution in [2.75, 3.05) is 33.9 Å². The largest absolute Gasteiger partial charge is 0.383 e. The van der Waals surface area contributed by atoms with Gasteiger partial charge in [-0.1, -0.05) is 20.3 Å². The van der Waals surface area contributed by atoms with E-state index in [1.54, 1.807) is 19.1 Å². The molecular formula is C18H33N3O4. The average molecular weight is 355 g/mol. The Bertz CT molecular complexity index is 454. The molecule has 1 fully saturated rings. The molecule has 1 heterocycles. The van der Waals surface area contributed by atoms with Crippen LogP contribution in [0.25, 0.3) is 0 Å². The minimum absolute atomic E-state index is 0.0222. The normalized spacial score (nSPS) is 22.1. The number of likely N-dealkylation sites (N-methyl/N-ethyl adjacent to an activating group) is 1. The minimum Gasteiger partial charge on any atom is -0.383 e. The van der Waals surface area contributed by atoms with E-state index in [1.165, 1.54) is 0 Å². The molecule has 1 rings (SSSR count). The monoisotopic (exact) mass is 355 g/mol. The lowest BCUT2D eigenvalue weighted by Gasteiger charge is -2.24. The van der Waals surface area contributed by atoms with Gasteiger partial charge in [-0.25, -0.2) is 0 Å². The van der Waals surface area contributed by atoms with Crippen LogP contribution in [-0.4, -0.2) is 62.5 Å². The van der Waals surface area contributed by atoms with Crippen LogP contribution in [0.1, 0.15) is 46.0 Å². The Morgan fingerprint density at radius 3 is 2.68 bits per heavy atom. The molecule has 1 saturated heterocycles. The molecule has 0 radical (unpaired) electrons. The zero-order chi connectivity index (χ0) is 18.8. The quantitative estimate of drug-likeness (QED) is 0.665. The Morgan fingerprint density at radius 1 is 1.32 bits per heavy atom. The third kappa shape index (κ3) is 8.34. The number of carbonyl (C=O) groups is 3. The summed E-state index contributed by atoms with van der Waals surface area (Å²) in [4.78, 5) is 38.3. The first-order valence-electron chi connectivity index (χ1n) is 9.13. The Hall–Kier alpha value is -1.63. The fraction of sp³-hybridized carbons (Fsp3) is 0.833. The van der Waals surface area contributed by atoms with Gasteiger partial charge in [0.25, 0.3) is 0 Å². The van der Waals surface area contributed by atoms with Crippen molar-refractivity contribution in [1.82, 2.24) is 15.5 Å². The van der Waals surface area contributed by atoms with Crippen molar-refractivity contribution in [3.8, 4) is 0 Å². The molecule has 144 valence electrons. The van der Waals surface area contributed by atoms with Gasteiger partial charge in [0.05, 0.1) is 6.61 Å². The van der Waals surface area contributed by atoms with E-state index in [0.29, 0.717) is 38.5 Å². The molecule has 25 heavy (non-hydrogen) atoms. The summed E-state index contributed by atoms with van der Waals surface area (Å²) < 4.78 is 4.93. The van der Waals surface area contributed by atoms with Gasteiger partial charge in [-0.3, -0.25) is 14.4 Å². The minimum atomic E-state index is -0.322. The van der Waals surface area contributed by atoms with E-state index >= 15 is 0 Å². The van der Waals surface area contributed by atoms with E-state index in [-0.39, 0.29) is 36.1 Å².